The van der Waals surface area contributed by atoms with Gasteiger partial charge in [-0.3, -0.25) is 0 Å². The van der Waals surface area contributed by atoms with Gasteiger partial charge in [0, 0.05) is 13.1 Å². The van der Waals surface area contributed by atoms with Gasteiger partial charge in [0.25, 0.3) is 0 Å². The van der Waals surface area contributed by atoms with Crippen LogP contribution in [0.1, 0.15) is 45.4 Å². The first kappa shape index (κ1) is 16.5. The number of likely N-dealkylation sites (tertiary alicyclic amines) is 1. The number of hydrogen-bond donors (Lipinski definition) is 2. The minimum Gasteiger partial charge on any atom is -0.480 e. The molecule has 0 saturated carbocycles. The number of nitrogens with one attached hydrogen (secondary N) is 1. The highest BCUT2D eigenvalue weighted by atomic mass is 16.4. The minimum absolute atomic E-state index is 0.243. The molecule has 0 bridgehead atoms. The summed E-state index contributed by atoms with van der Waals surface area (Å²) in [6, 6.07) is -1.15. The quantitative estimate of drug-likeness (QED) is 0.736. The van der Waals surface area contributed by atoms with Crippen LogP contribution < -0.4 is 5.32 Å². The number of hydrogen-bond acceptors (Lipinski definition) is 2. The molecule has 5 nitrogen and oxygen atoms in total. The average molecular weight is 282 g/mol. The largest absolute Gasteiger partial charge is 0.480 e. The van der Waals surface area contributed by atoms with Crippen molar-refractivity contribution < 1.29 is 14.7 Å². The van der Waals surface area contributed by atoms with Gasteiger partial charge in [-0.2, -0.15) is 0 Å². The summed E-state index contributed by atoms with van der Waals surface area (Å²) in [5.74, 6) is -0.321. The van der Waals surface area contributed by atoms with Crippen LogP contribution >= 0.6 is 0 Å². The molecule has 5 heteroatoms. The van der Waals surface area contributed by atoms with Crippen molar-refractivity contribution in [1.82, 2.24) is 10.2 Å². The van der Waals surface area contributed by atoms with Gasteiger partial charge in [0.2, 0.25) is 0 Å². The number of carbonyl (C=O) groups excluding carboxylic acids is 1. The van der Waals surface area contributed by atoms with Crippen molar-refractivity contribution in [1.29, 1.82) is 0 Å². The second-order valence-electron chi connectivity index (χ2n) is 5.44. The van der Waals surface area contributed by atoms with Gasteiger partial charge in [0.15, 0.2) is 0 Å². The van der Waals surface area contributed by atoms with Crippen molar-refractivity contribution in [3.8, 4) is 0 Å². The lowest BCUT2D eigenvalue weighted by Crippen LogP contribution is -2.48. The van der Waals surface area contributed by atoms with Gasteiger partial charge in [-0.25, -0.2) is 9.59 Å². The molecule has 1 aliphatic rings. The zero-order valence-corrected chi connectivity index (χ0v) is 12.3. The van der Waals surface area contributed by atoms with E-state index in [0.717, 1.165) is 25.8 Å². The number of carboxylic acid groups (broad SMARTS) is 1. The number of carbonyl (C=O) groups is 2. The van der Waals surface area contributed by atoms with E-state index in [1.165, 1.54) is 18.9 Å². The molecule has 2 N–H and O–H groups in total. The van der Waals surface area contributed by atoms with Crippen molar-refractivity contribution >= 4 is 12.0 Å². The first-order valence-electron chi connectivity index (χ1n) is 7.47. The molecule has 2 amide bonds. The molecule has 20 heavy (non-hydrogen) atoms. The Labute approximate surface area is 121 Å². The van der Waals surface area contributed by atoms with Gasteiger partial charge in [0.05, 0.1) is 0 Å². The summed E-state index contributed by atoms with van der Waals surface area (Å²) in [4.78, 5) is 24.9. The molecule has 1 heterocycles. The molecule has 1 fully saturated rings. The summed E-state index contributed by atoms with van der Waals surface area (Å²) in [7, 11) is 0. The average Bonchev–Trinajstić information content (AvgIpc) is 2.64. The zero-order valence-electron chi connectivity index (χ0n) is 12.3. The Morgan fingerprint density at radius 2 is 2.20 bits per heavy atom. The van der Waals surface area contributed by atoms with E-state index >= 15 is 0 Å². The molecule has 2 atom stereocenters. The highest BCUT2D eigenvalue weighted by Gasteiger charge is 2.24. The molecular formula is C15H26N2O3. The van der Waals surface area contributed by atoms with Crippen LogP contribution in [0.25, 0.3) is 0 Å². The molecular weight excluding hydrogens is 256 g/mol. The molecule has 0 radical (unpaired) electrons. The van der Waals surface area contributed by atoms with Crippen LogP contribution in [0.5, 0.6) is 0 Å². The fourth-order valence-corrected chi connectivity index (χ4v) is 2.69. The standard InChI is InChI=1S/C15H26N2O3/c1-3-6-12-8-5-10-17(11-9-12)15(20)16-13(7-4-2)14(18)19/h4,12-13H,2-3,5-11H2,1H3,(H,16,20)(H,18,19). The SMILES string of the molecule is C=CCC(NC(=O)N1CCCC(CCC)CC1)C(=O)O. The van der Waals surface area contributed by atoms with Crippen LogP contribution in [0.3, 0.4) is 0 Å². The molecule has 1 saturated heterocycles. The Kier molecular flexibility index (Phi) is 7.12. The second-order valence-corrected chi connectivity index (χ2v) is 5.44. The van der Waals surface area contributed by atoms with Gasteiger partial charge in [-0.15, -0.1) is 6.58 Å². The molecule has 0 aromatic rings. The van der Waals surface area contributed by atoms with Crippen LogP contribution in [-0.4, -0.2) is 41.1 Å². The van der Waals surface area contributed by atoms with Crippen molar-refractivity contribution in [3.63, 3.8) is 0 Å². The Morgan fingerprint density at radius 3 is 2.80 bits per heavy atom. The van der Waals surface area contributed by atoms with Crippen LogP contribution in [-0.2, 0) is 4.79 Å². The Morgan fingerprint density at radius 1 is 1.45 bits per heavy atom. The van der Waals surface area contributed by atoms with Crippen molar-refractivity contribution in [3.05, 3.63) is 12.7 Å². The predicted octanol–water partition coefficient (Wildman–Crippen LogP) is 2.63. The number of rotatable bonds is 6. The highest BCUT2D eigenvalue weighted by molar-refractivity contribution is 5.82. The molecule has 0 aromatic heterocycles. The van der Waals surface area contributed by atoms with E-state index in [1.807, 2.05) is 0 Å². The summed E-state index contributed by atoms with van der Waals surface area (Å²) >= 11 is 0. The van der Waals surface area contributed by atoms with Crippen LogP contribution in [0.15, 0.2) is 12.7 Å². The molecule has 0 spiro atoms. The van der Waals surface area contributed by atoms with Crippen LogP contribution in [0.2, 0.25) is 0 Å². The fraction of sp³-hybridized carbons (Fsp3) is 0.733. The van der Waals surface area contributed by atoms with Gasteiger partial charge >= 0.3 is 12.0 Å². The number of nitrogens with zero attached hydrogens (tertiary/aromatic N) is 1. The molecule has 0 aromatic carbocycles. The molecule has 2 unspecified atom stereocenters. The number of urea groups is 1. The molecule has 0 aliphatic carbocycles. The van der Waals surface area contributed by atoms with Crippen LogP contribution in [0, 0.1) is 5.92 Å². The number of aliphatic carboxylic acids is 1. The Bertz CT molecular complexity index is 344. The summed E-state index contributed by atoms with van der Waals surface area (Å²) in [5.41, 5.74) is 0. The minimum atomic E-state index is -1.02. The predicted molar refractivity (Wildman–Crippen MR) is 78.6 cm³/mol. The van der Waals surface area contributed by atoms with Gasteiger partial charge < -0.3 is 15.3 Å². The second kappa shape index (κ2) is 8.61. The van der Waals surface area contributed by atoms with E-state index in [1.54, 1.807) is 4.90 Å². The lowest BCUT2D eigenvalue weighted by molar-refractivity contribution is -0.139. The monoisotopic (exact) mass is 282 g/mol. The third-order valence-electron chi connectivity index (χ3n) is 3.83. The maximum absolute atomic E-state index is 12.1. The first-order chi connectivity index (χ1) is 9.58. The number of carboxylic acids is 1. The fourth-order valence-electron chi connectivity index (χ4n) is 2.69. The topological polar surface area (TPSA) is 69.6 Å². The third kappa shape index (κ3) is 5.23. The van der Waals surface area contributed by atoms with E-state index in [9.17, 15) is 9.59 Å². The van der Waals surface area contributed by atoms with Crippen molar-refractivity contribution in [2.24, 2.45) is 5.92 Å². The van der Waals surface area contributed by atoms with Gasteiger partial charge in [-0.1, -0.05) is 25.8 Å². The Hall–Kier alpha value is -1.52. The Balaban J connectivity index is 2.50. The molecule has 114 valence electrons. The maximum Gasteiger partial charge on any atom is 0.326 e. The van der Waals surface area contributed by atoms with E-state index in [-0.39, 0.29) is 12.5 Å². The van der Waals surface area contributed by atoms with E-state index in [0.29, 0.717) is 12.5 Å². The number of amides is 2. The zero-order chi connectivity index (χ0) is 15.0. The molecule has 1 rings (SSSR count). The van der Waals surface area contributed by atoms with Crippen molar-refractivity contribution in [2.75, 3.05) is 13.1 Å². The summed E-state index contributed by atoms with van der Waals surface area (Å²) in [5, 5.41) is 11.6. The maximum atomic E-state index is 12.1. The lowest BCUT2D eigenvalue weighted by atomic mass is 9.96. The van der Waals surface area contributed by atoms with Crippen LogP contribution in [0.4, 0.5) is 4.79 Å². The molecule has 1 aliphatic heterocycles. The van der Waals surface area contributed by atoms with E-state index in [2.05, 4.69) is 18.8 Å². The van der Waals surface area contributed by atoms with Crippen molar-refractivity contribution in [2.45, 2.75) is 51.5 Å². The summed E-state index contributed by atoms with van der Waals surface area (Å²) < 4.78 is 0. The summed E-state index contributed by atoms with van der Waals surface area (Å²) in [6.45, 7) is 7.14. The lowest BCUT2D eigenvalue weighted by Gasteiger charge is -2.23. The van der Waals surface area contributed by atoms with Gasteiger partial charge in [-0.05, 0) is 31.6 Å². The normalized spacial score (nSPS) is 20.9. The smallest absolute Gasteiger partial charge is 0.326 e. The third-order valence-corrected chi connectivity index (χ3v) is 3.83. The first-order valence-corrected chi connectivity index (χ1v) is 7.47. The summed E-state index contributed by atoms with van der Waals surface area (Å²) in [6.07, 6.45) is 7.32. The van der Waals surface area contributed by atoms with E-state index < -0.39 is 12.0 Å². The van der Waals surface area contributed by atoms with E-state index in [4.69, 9.17) is 5.11 Å². The highest BCUT2D eigenvalue weighted by Crippen LogP contribution is 2.21. The van der Waals surface area contributed by atoms with Gasteiger partial charge in [0.1, 0.15) is 6.04 Å².